The summed E-state index contributed by atoms with van der Waals surface area (Å²) >= 11 is 0. The van der Waals surface area contributed by atoms with E-state index in [0.717, 1.165) is 19.1 Å². The van der Waals surface area contributed by atoms with Crippen molar-refractivity contribution in [2.24, 2.45) is 5.92 Å². The Morgan fingerprint density at radius 1 is 1.20 bits per heavy atom. The number of nitrogens with zero attached hydrogens (tertiary/aromatic N) is 1. The highest BCUT2D eigenvalue weighted by Gasteiger charge is 2.45. The third-order valence-electron chi connectivity index (χ3n) is 5.52. The van der Waals surface area contributed by atoms with Gasteiger partial charge in [0.2, 0.25) is 0 Å². The molecule has 2 rings (SSSR count). The lowest BCUT2D eigenvalue weighted by molar-refractivity contribution is -0.0393. The molecule has 0 radical (unpaired) electrons. The minimum atomic E-state index is 0.288. The summed E-state index contributed by atoms with van der Waals surface area (Å²) in [5.74, 6) is 0.773. The number of hydrogen-bond donors (Lipinski definition) is 1. The van der Waals surface area contributed by atoms with Gasteiger partial charge in [0, 0.05) is 23.7 Å². The van der Waals surface area contributed by atoms with E-state index >= 15 is 0 Å². The Hall–Kier alpha value is -0.120. The third kappa shape index (κ3) is 3.75. The molecule has 1 N–H and O–H groups in total. The first-order valence-electron chi connectivity index (χ1n) is 8.35. The van der Waals surface area contributed by atoms with Gasteiger partial charge in [0.15, 0.2) is 0 Å². The second-order valence-corrected chi connectivity index (χ2v) is 8.11. The highest BCUT2D eigenvalue weighted by Crippen LogP contribution is 2.42. The summed E-state index contributed by atoms with van der Waals surface area (Å²) in [6, 6.07) is 0.649. The number of epoxide rings is 1. The Bertz CT molecular complexity index is 305. The normalized spacial score (nSPS) is 31.2. The van der Waals surface area contributed by atoms with Crippen LogP contribution in [0.5, 0.6) is 0 Å². The molecule has 0 aliphatic carbocycles. The van der Waals surface area contributed by atoms with Crippen LogP contribution in [0.3, 0.4) is 0 Å². The van der Waals surface area contributed by atoms with Gasteiger partial charge in [-0.15, -0.1) is 0 Å². The molecule has 2 unspecified atom stereocenters. The maximum absolute atomic E-state index is 5.35. The first-order valence-corrected chi connectivity index (χ1v) is 8.35. The fourth-order valence-corrected chi connectivity index (χ4v) is 4.02. The monoisotopic (exact) mass is 282 g/mol. The van der Waals surface area contributed by atoms with Crippen LogP contribution in [0, 0.1) is 5.92 Å². The van der Waals surface area contributed by atoms with Crippen LogP contribution in [0.2, 0.25) is 0 Å². The van der Waals surface area contributed by atoms with Crippen LogP contribution in [0.1, 0.15) is 60.3 Å². The molecule has 118 valence electrons. The Labute approximate surface area is 125 Å². The van der Waals surface area contributed by atoms with Crippen molar-refractivity contribution in [3.05, 3.63) is 0 Å². The van der Waals surface area contributed by atoms with Crippen LogP contribution in [-0.4, -0.2) is 48.3 Å². The number of piperidine rings is 1. The highest BCUT2D eigenvalue weighted by atomic mass is 16.6. The smallest absolute Gasteiger partial charge is 0.0934 e. The van der Waals surface area contributed by atoms with Crippen LogP contribution in [-0.2, 0) is 4.74 Å². The molecule has 0 aromatic carbocycles. The largest absolute Gasteiger partial charge is 0.372 e. The Balaban J connectivity index is 2.02. The molecule has 2 aliphatic heterocycles. The third-order valence-corrected chi connectivity index (χ3v) is 5.52. The highest BCUT2D eigenvalue weighted by molar-refractivity contribution is 5.01. The second-order valence-electron chi connectivity index (χ2n) is 8.11. The molecule has 0 spiro atoms. The minimum Gasteiger partial charge on any atom is -0.372 e. The molecule has 0 saturated carbocycles. The SMILES string of the molecule is CCCC(NCC1CO1)C1CC(C)(C)N(C)C(C)(C)C1. The van der Waals surface area contributed by atoms with Crippen LogP contribution in [0.15, 0.2) is 0 Å². The van der Waals surface area contributed by atoms with Gasteiger partial charge in [-0.2, -0.15) is 0 Å². The van der Waals surface area contributed by atoms with Gasteiger partial charge < -0.3 is 10.1 Å². The average molecular weight is 282 g/mol. The zero-order chi connectivity index (χ0) is 15.0. The quantitative estimate of drug-likeness (QED) is 0.759. The van der Waals surface area contributed by atoms with Crippen LogP contribution in [0.4, 0.5) is 0 Å². The molecule has 0 aromatic rings. The van der Waals surface area contributed by atoms with E-state index in [1.807, 2.05) is 0 Å². The predicted molar refractivity (Wildman–Crippen MR) is 85.1 cm³/mol. The molecule has 3 nitrogen and oxygen atoms in total. The summed E-state index contributed by atoms with van der Waals surface area (Å²) in [6.07, 6.45) is 5.61. The summed E-state index contributed by atoms with van der Waals surface area (Å²) < 4.78 is 5.35. The number of likely N-dealkylation sites (tertiary alicyclic amines) is 1. The van der Waals surface area contributed by atoms with Gasteiger partial charge in [-0.3, -0.25) is 4.90 Å². The van der Waals surface area contributed by atoms with Crippen molar-refractivity contribution in [2.45, 2.75) is 83.5 Å². The fourth-order valence-electron chi connectivity index (χ4n) is 4.02. The maximum atomic E-state index is 5.35. The summed E-state index contributed by atoms with van der Waals surface area (Å²) in [7, 11) is 2.29. The summed E-state index contributed by atoms with van der Waals surface area (Å²) in [5, 5.41) is 3.80. The summed E-state index contributed by atoms with van der Waals surface area (Å²) in [5.41, 5.74) is 0.576. The molecule has 3 heteroatoms. The zero-order valence-electron chi connectivity index (χ0n) is 14.3. The molecule has 0 amide bonds. The van der Waals surface area contributed by atoms with Crippen LogP contribution >= 0.6 is 0 Å². The molecule has 2 saturated heterocycles. The van der Waals surface area contributed by atoms with E-state index in [9.17, 15) is 0 Å². The minimum absolute atomic E-state index is 0.288. The van der Waals surface area contributed by atoms with Gasteiger partial charge >= 0.3 is 0 Å². The first-order chi connectivity index (χ1) is 9.26. The van der Waals surface area contributed by atoms with E-state index < -0.39 is 0 Å². The van der Waals surface area contributed by atoms with Gasteiger partial charge in [-0.05, 0) is 59.9 Å². The molecule has 2 aliphatic rings. The molecular formula is C17H34N2O. The summed E-state index contributed by atoms with van der Waals surface area (Å²) in [4.78, 5) is 2.57. The van der Waals surface area contributed by atoms with Crippen molar-refractivity contribution in [1.29, 1.82) is 0 Å². The van der Waals surface area contributed by atoms with Crippen molar-refractivity contribution >= 4 is 0 Å². The van der Waals surface area contributed by atoms with Gasteiger partial charge in [0.05, 0.1) is 12.7 Å². The fraction of sp³-hybridized carbons (Fsp3) is 1.00. The molecule has 2 atom stereocenters. The predicted octanol–water partition coefficient (Wildman–Crippen LogP) is 3.04. The molecule has 0 bridgehead atoms. The van der Waals surface area contributed by atoms with E-state index in [-0.39, 0.29) is 11.1 Å². The molecule has 2 fully saturated rings. The van der Waals surface area contributed by atoms with Crippen molar-refractivity contribution < 1.29 is 4.74 Å². The van der Waals surface area contributed by atoms with Crippen molar-refractivity contribution in [3.8, 4) is 0 Å². The van der Waals surface area contributed by atoms with E-state index in [4.69, 9.17) is 4.74 Å². The van der Waals surface area contributed by atoms with Gasteiger partial charge in [0.25, 0.3) is 0 Å². The lowest BCUT2D eigenvalue weighted by Gasteiger charge is -2.55. The zero-order valence-corrected chi connectivity index (χ0v) is 14.3. The van der Waals surface area contributed by atoms with E-state index in [1.54, 1.807) is 0 Å². The Morgan fingerprint density at radius 3 is 2.20 bits per heavy atom. The number of nitrogens with one attached hydrogen (secondary N) is 1. The van der Waals surface area contributed by atoms with Crippen molar-refractivity contribution in [1.82, 2.24) is 10.2 Å². The lowest BCUT2D eigenvalue weighted by atomic mass is 9.70. The topological polar surface area (TPSA) is 27.8 Å². The number of hydrogen-bond acceptors (Lipinski definition) is 3. The summed E-state index contributed by atoms with van der Waals surface area (Å²) in [6.45, 7) is 13.9. The van der Waals surface area contributed by atoms with E-state index in [1.165, 1.54) is 25.7 Å². The second kappa shape index (κ2) is 5.94. The van der Waals surface area contributed by atoms with Crippen LogP contribution in [0.25, 0.3) is 0 Å². The van der Waals surface area contributed by atoms with Crippen molar-refractivity contribution in [2.75, 3.05) is 20.2 Å². The Kier molecular flexibility index (Phi) is 4.83. The van der Waals surface area contributed by atoms with Crippen LogP contribution < -0.4 is 5.32 Å². The number of rotatable bonds is 6. The molecular weight excluding hydrogens is 248 g/mol. The molecule has 2 heterocycles. The lowest BCUT2D eigenvalue weighted by Crippen LogP contribution is -2.61. The van der Waals surface area contributed by atoms with Crippen molar-refractivity contribution in [3.63, 3.8) is 0 Å². The Morgan fingerprint density at radius 2 is 1.75 bits per heavy atom. The van der Waals surface area contributed by atoms with Gasteiger partial charge in [-0.25, -0.2) is 0 Å². The first kappa shape index (κ1) is 16.3. The molecule has 20 heavy (non-hydrogen) atoms. The maximum Gasteiger partial charge on any atom is 0.0934 e. The number of ether oxygens (including phenoxy) is 1. The molecule has 0 aromatic heterocycles. The van der Waals surface area contributed by atoms with Gasteiger partial charge in [0.1, 0.15) is 0 Å². The van der Waals surface area contributed by atoms with Gasteiger partial charge in [-0.1, -0.05) is 13.3 Å². The standard InChI is InChI=1S/C17H34N2O/c1-7-8-15(18-11-14-12-20-14)13-9-16(2,3)19(6)17(4,5)10-13/h13-15,18H,7-12H2,1-6H3. The van der Waals surface area contributed by atoms with E-state index in [2.05, 4.69) is 51.9 Å². The van der Waals surface area contributed by atoms with E-state index in [0.29, 0.717) is 12.1 Å². The average Bonchev–Trinajstić information content (AvgIpc) is 3.14.